The number of hydrogen-bond acceptors (Lipinski definition) is 4. The van der Waals surface area contributed by atoms with E-state index in [0.29, 0.717) is 5.92 Å². The van der Waals surface area contributed by atoms with E-state index in [9.17, 15) is 0 Å². The molecule has 1 saturated heterocycles. The molecule has 0 saturated carbocycles. The third-order valence-electron chi connectivity index (χ3n) is 5.20. The zero-order valence-corrected chi connectivity index (χ0v) is 15.7. The van der Waals surface area contributed by atoms with Gasteiger partial charge in [0.25, 0.3) is 0 Å². The largest absolute Gasteiger partial charge is 0.308 e. The van der Waals surface area contributed by atoms with Crippen LogP contribution in [-0.4, -0.2) is 58.3 Å². The lowest BCUT2D eigenvalue weighted by atomic mass is 10.0. The van der Waals surface area contributed by atoms with Crippen LogP contribution in [0, 0.1) is 0 Å². The summed E-state index contributed by atoms with van der Waals surface area (Å²) in [6.07, 6.45) is 3.04. The van der Waals surface area contributed by atoms with E-state index < -0.39 is 0 Å². The molecule has 1 aliphatic rings. The van der Waals surface area contributed by atoms with Crippen molar-refractivity contribution in [3.8, 4) is 0 Å². The highest BCUT2D eigenvalue weighted by atomic mass is 15.3. The Balaban J connectivity index is 1.53. The van der Waals surface area contributed by atoms with E-state index in [1.807, 2.05) is 12.3 Å². The van der Waals surface area contributed by atoms with Crippen LogP contribution in [0.1, 0.15) is 23.6 Å². The number of fused-ring (bicyclic) bond motifs is 1. The first-order valence-electron chi connectivity index (χ1n) is 9.43. The van der Waals surface area contributed by atoms with Crippen molar-refractivity contribution in [1.82, 2.24) is 24.6 Å². The molecule has 4 rings (SSSR count). The first kappa shape index (κ1) is 17.2. The molecular formula is C21H27N5. The summed E-state index contributed by atoms with van der Waals surface area (Å²) in [7, 11) is 4.19. The van der Waals surface area contributed by atoms with Crippen molar-refractivity contribution in [1.29, 1.82) is 0 Å². The van der Waals surface area contributed by atoms with Crippen LogP contribution in [0.3, 0.4) is 0 Å². The Labute approximate surface area is 155 Å². The molecular weight excluding hydrogens is 322 g/mol. The molecule has 0 N–H and O–H groups in total. The second-order valence-corrected chi connectivity index (χ2v) is 7.49. The minimum absolute atomic E-state index is 0.492. The number of aromatic nitrogens is 3. The molecule has 1 aromatic carbocycles. The van der Waals surface area contributed by atoms with Crippen molar-refractivity contribution >= 4 is 11.0 Å². The van der Waals surface area contributed by atoms with Gasteiger partial charge in [0.05, 0.1) is 12.2 Å². The van der Waals surface area contributed by atoms with Crippen molar-refractivity contribution in [3.63, 3.8) is 0 Å². The standard InChI is InChI=1S/C21H27N5/c1-24(2)13-14-26-21-19(9-6-11-22-21)20(23-26)18-10-12-25(16-18)15-17-7-4-3-5-8-17/h3-9,11,18H,10,12-16H2,1-2H3/t18-/m1/s1. The highest BCUT2D eigenvalue weighted by Crippen LogP contribution is 2.31. The molecule has 0 bridgehead atoms. The van der Waals surface area contributed by atoms with Crippen LogP contribution < -0.4 is 0 Å². The van der Waals surface area contributed by atoms with Gasteiger partial charge < -0.3 is 4.90 Å². The van der Waals surface area contributed by atoms with E-state index in [2.05, 4.69) is 70.0 Å². The number of hydrogen-bond donors (Lipinski definition) is 0. The molecule has 0 radical (unpaired) electrons. The summed E-state index contributed by atoms with van der Waals surface area (Å²) in [4.78, 5) is 9.34. The number of pyridine rings is 1. The second kappa shape index (κ2) is 7.56. The maximum absolute atomic E-state index is 4.99. The van der Waals surface area contributed by atoms with Crippen molar-refractivity contribution in [2.75, 3.05) is 33.7 Å². The van der Waals surface area contributed by atoms with Gasteiger partial charge in [0.2, 0.25) is 0 Å². The lowest BCUT2D eigenvalue weighted by Gasteiger charge is -2.15. The van der Waals surface area contributed by atoms with E-state index in [-0.39, 0.29) is 0 Å². The fourth-order valence-corrected chi connectivity index (χ4v) is 3.83. The van der Waals surface area contributed by atoms with Gasteiger partial charge in [-0.25, -0.2) is 9.67 Å². The van der Waals surface area contributed by atoms with E-state index in [4.69, 9.17) is 5.10 Å². The zero-order chi connectivity index (χ0) is 17.9. The molecule has 1 fully saturated rings. The van der Waals surface area contributed by atoms with E-state index in [1.165, 1.54) is 23.1 Å². The number of likely N-dealkylation sites (tertiary alicyclic amines) is 1. The summed E-state index contributed by atoms with van der Waals surface area (Å²) in [6.45, 7) is 5.07. The van der Waals surface area contributed by atoms with Crippen LogP contribution in [0.4, 0.5) is 0 Å². The van der Waals surface area contributed by atoms with Crippen molar-refractivity contribution in [3.05, 3.63) is 59.9 Å². The Morgan fingerprint density at radius 2 is 1.96 bits per heavy atom. The zero-order valence-electron chi connectivity index (χ0n) is 15.7. The number of rotatable bonds is 6. The molecule has 0 unspecified atom stereocenters. The lowest BCUT2D eigenvalue weighted by molar-refractivity contribution is 0.326. The molecule has 136 valence electrons. The summed E-state index contributed by atoms with van der Waals surface area (Å²) < 4.78 is 2.09. The predicted octanol–water partition coefficient (Wildman–Crippen LogP) is 2.98. The van der Waals surface area contributed by atoms with Crippen LogP contribution in [0.5, 0.6) is 0 Å². The summed E-state index contributed by atoms with van der Waals surface area (Å²) in [5, 5.41) is 6.21. The summed E-state index contributed by atoms with van der Waals surface area (Å²) in [5.74, 6) is 0.492. The SMILES string of the molecule is CN(C)CCn1nc([C@@H]2CCN(Cc3ccccc3)C2)c2cccnc21. The average molecular weight is 349 g/mol. The van der Waals surface area contributed by atoms with Crippen LogP contribution in [0.15, 0.2) is 48.7 Å². The van der Waals surface area contributed by atoms with E-state index in [0.717, 1.165) is 38.4 Å². The highest BCUT2D eigenvalue weighted by molar-refractivity contribution is 5.78. The highest BCUT2D eigenvalue weighted by Gasteiger charge is 2.28. The maximum Gasteiger partial charge on any atom is 0.158 e. The van der Waals surface area contributed by atoms with Crippen LogP contribution in [0.25, 0.3) is 11.0 Å². The Bertz CT molecular complexity index is 855. The topological polar surface area (TPSA) is 37.2 Å². The average Bonchev–Trinajstić information content (AvgIpc) is 3.25. The molecule has 2 aromatic heterocycles. The third-order valence-corrected chi connectivity index (χ3v) is 5.20. The minimum atomic E-state index is 0.492. The Hall–Kier alpha value is -2.24. The van der Waals surface area contributed by atoms with Gasteiger partial charge in [-0.15, -0.1) is 0 Å². The van der Waals surface area contributed by atoms with Crippen molar-refractivity contribution in [2.45, 2.75) is 25.4 Å². The second-order valence-electron chi connectivity index (χ2n) is 7.49. The molecule has 3 aromatic rings. The van der Waals surface area contributed by atoms with Crippen LogP contribution in [0.2, 0.25) is 0 Å². The Morgan fingerprint density at radius 3 is 2.77 bits per heavy atom. The smallest absolute Gasteiger partial charge is 0.158 e. The Morgan fingerprint density at radius 1 is 1.12 bits per heavy atom. The third kappa shape index (κ3) is 3.64. The molecule has 3 heterocycles. The van der Waals surface area contributed by atoms with Gasteiger partial charge >= 0.3 is 0 Å². The first-order chi connectivity index (χ1) is 12.7. The van der Waals surface area contributed by atoms with Gasteiger partial charge in [-0.3, -0.25) is 4.90 Å². The molecule has 1 atom stereocenters. The van der Waals surface area contributed by atoms with Crippen molar-refractivity contribution < 1.29 is 0 Å². The predicted molar refractivity (Wildman–Crippen MR) is 105 cm³/mol. The lowest BCUT2D eigenvalue weighted by Crippen LogP contribution is -2.20. The number of nitrogens with zero attached hydrogens (tertiary/aromatic N) is 5. The molecule has 0 spiro atoms. The molecule has 1 aliphatic heterocycles. The summed E-state index contributed by atoms with van der Waals surface area (Å²) in [5.41, 5.74) is 3.63. The van der Waals surface area contributed by atoms with Gasteiger partial charge in [0.15, 0.2) is 5.65 Å². The summed E-state index contributed by atoms with van der Waals surface area (Å²) in [6, 6.07) is 14.9. The normalized spacial score (nSPS) is 18.2. The van der Waals surface area contributed by atoms with Gasteiger partial charge in [-0.05, 0) is 44.8 Å². The fraction of sp³-hybridized carbons (Fsp3) is 0.429. The first-order valence-corrected chi connectivity index (χ1v) is 9.43. The number of likely N-dealkylation sites (N-methyl/N-ethyl adjacent to an activating group) is 1. The van der Waals surface area contributed by atoms with E-state index >= 15 is 0 Å². The molecule has 0 amide bonds. The van der Waals surface area contributed by atoms with Crippen LogP contribution in [-0.2, 0) is 13.1 Å². The van der Waals surface area contributed by atoms with Gasteiger partial charge in [0, 0.05) is 37.1 Å². The van der Waals surface area contributed by atoms with Crippen LogP contribution >= 0.6 is 0 Å². The van der Waals surface area contributed by atoms with Gasteiger partial charge in [-0.2, -0.15) is 5.10 Å². The molecule has 0 aliphatic carbocycles. The fourth-order valence-electron chi connectivity index (χ4n) is 3.83. The number of benzene rings is 1. The quantitative estimate of drug-likeness (QED) is 0.686. The summed E-state index contributed by atoms with van der Waals surface area (Å²) >= 11 is 0. The van der Waals surface area contributed by atoms with Gasteiger partial charge in [0.1, 0.15) is 0 Å². The monoisotopic (exact) mass is 349 g/mol. The van der Waals surface area contributed by atoms with Crippen molar-refractivity contribution in [2.24, 2.45) is 0 Å². The van der Waals surface area contributed by atoms with E-state index in [1.54, 1.807) is 0 Å². The van der Waals surface area contributed by atoms with Gasteiger partial charge in [-0.1, -0.05) is 30.3 Å². The minimum Gasteiger partial charge on any atom is -0.308 e. The molecule has 26 heavy (non-hydrogen) atoms. The molecule has 5 nitrogen and oxygen atoms in total. The Kier molecular flexibility index (Phi) is 5.00. The molecule has 5 heteroatoms. The maximum atomic E-state index is 4.99.